The fourth-order valence-corrected chi connectivity index (χ4v) is 2.04. The predicted molar refractivity (Wildman–Crippen MR) is 63.9 cm³/mol. The van der Waals surface area contributed by atoms with Gasteiger partial charge in [-0.15, -0.1) is 0 Å². The number of hydrogen-bond donors (Lipinski definition) is 1. The zero-order chi connectivity index (χ0) is 14.2. The molecule has 2 aromatic rings. The van der Waals surface area contributed by atoms with Crippen molar-refractivity contribution in [2.75, 3.05) is 0 Å². The van der Waals surface area contributed by atoms with Crippen molar-refractivity contribution in [3.8, 4) is 11.3 Å². The van der Waals surface area contributed by atoms with Crippen LogP contribution in [0.2, 0.25) is 0 Å². The smallest absolute Gasteiger partial charge is 0.358 e. The highest BCUT2D eigenvalue weighted by Gasteiger charge is 2.41. The third-order valence-electron chi connectivity index (χ3n) is 2.89. The molecule has 0 amide bonds. The van der Waals surface area contributed by atoms with E-state index in [0.29, 0.717) is 16.8 Å². The van der Waals surface area contributed by atoms with Crippen LogP contribution in [0.4, 0.5) is 13.2 Å². The van der Waals surface area contributed by atoms with Crippen LogP contribution in [-0.4, -0.2) is 21.9 Å². The average Bonchev–Trinajstić information content (AvgIpc) is 2.64. The molecular weight excluding hydrogens is 257 g/mol. The van der Waals surface area contributed by atoms with E-state index in [2.05, 4.69) is 9.97 Å². The van der Waals surface area contributed by atoms with Crippen LogP contribution < -0.4 is 0 Å². The summed E-state index contributed by atoms with van der Waals surface area (Å²) >= 11 is 0. The fraction of sp³-hybridized carbons (Fsp3) is 0.231. The summed E-state index contributed by atoms with van der Waals surface area (Å²) in [6.45, 7) is 2.95. The first-order valence-electron chi connectivity index (χ1n) is 5.53. The number of halogens is 3. The summed E-state index contributed by atoms with van der Waals surface area (Å²) in [5, 5.41) is 0. The van der Waals surface area contributed by atoms with Crippen LogP contribution in [-0.2, 0) is 0 Å². The Hall–Kier alpha value is -2.11. The topological polar surface area (TPSA) is 45.8 Å². The van der Waals surface area contributed by atoms with E-state index in [1.54, 1.807) is 12.1 Å². The number of pyridine rings is 1. The maximum absolute atomic E-state index is 12.5. The molecule has 0 aliphatic rings. The SMILES string of the molecule is Cc1[nH]c(-c2ccncc2)c(C)c1C(=O)C(F)(F)F. The Labute approximate surface area is 107 Å². The molecule has 0 bridgehead atoms. The summed E-state index contributed by atoms with van der Waals surface area (Å²) in [7, 11) is 0. The molecular formula is C13H11F3N2O. The van der Waals surface area contributed by atoms with Crippen molar-refractivity contribution in [3.63, 3.8) is 0 Å². The number of aryl methyl sites for hydroxylation is 1. The maximum Gasteiger partial charge on any atom is 0.454 e. The first-order valence-corrected chi connectivity index (χ1v) is 5.53. The van der Waals surface area contributed by atoms with Crippen LogP contribution in [0.15, 0.2) is 24.5 Å². The van der Waals surface area contributed by atoms with Crippen LogP contribution in [0.5, 0.6) is 0 Å². The molecule has 0 aliphatic heterocycles. The van der Waals surface area contributed by atoms with E-state index in [1.807, 2.05) is 0 Å². The lowest BCUT2D eigenvalue weighted by Crippen LogP contribution is -2.23. The number of nitrogens with zero attached hydrogens (tertiary/aromatic N) is 1. The number of carbonyl (C=O) groups is 1. The molecule has 0 aliphatic carbocycles. The van der Waals surface area contributed by atoms with E-state index in [0.717, 1.165) is 0 Å². The van der Waals surface area contributed by atoms with Crippen LogP contribution in [0.25, 0.3) is 11.3 Å². The van der Waals surface area contributed by atoms with Gasteiger partial charge in [0, 0.05) is 29.3 Å². The summed E-state index contributed by atoms with van der Waals surface area (Å²) in [6, 6.07) is 3.33. The Morgan fingerprint density at radius 3 is 2.32 bits per heavy atom. The van der Waals surface area contributed by atoms with Gasteiger partial charge in [0.25, 0.3) is 5.78 Å². The number of aromatic amines is 1. The number of carbonyl (C=O) groups excluding carboxylic acids is 1. The number of hydrogen-bond acceptors (Lipinski definition) is 2. The van der Waals surface area contributed by atoms with Crippen molar-refractivity contribution in [3.05, 3.63) is 41.3 Å². The highest BCUT2D eigenvalue weighted by atomic mass is 19.4. The van der Waals surface area contributed by atoms with Crippen molar-refractivity contribution in [2.45, 2.75) is 20.0 Å². The van der Waals surface area contributed by atoms with Gasteiger partial charge in [-0.05, 0) is 31.5 Å². The number of rotatable bonds is 2. The molecule has 100 valence electrons. The zero-order valence-electron chi connectivity index (χ0n) is 10.3. The second-order valence-electron chi connectivity index (χ2n) is 4.19. The van der Waals surface area contributed by atoms with Crippen molar-refractivity contribution in [1.29, 1.82) is 0 Å². The van der Waals surface area contributed by atoms with Crippen LogP contribution in [0, 0.1) is 13.8 Å². The third-order valence-corrected chi connectivity index (χ3v) is 2.89. The van der Waals surface area contributed by atoms with Crippen molar-refractivity contribution < 1.29 is 18.0 Å². The molecule has 0 radical (unpaired) electrons. The summed E-state index contributed by atoms with van der Waals surface area (Å²) in [6.07, 6.45) is -1.79. The molecule has 1 N–H and O–H groups in total. The van der Waals surface area contributed by atoms with Gasteiger partial charge in [0.1, 0.15) is 0 Å². The van der Waals surface area contributed by atoms with Crippen LogP contribution in [0.1, 0.15) is 21.6 Å². The number of alkyl halides is 3. The van der Waals surface area contributed by atoms with Gasteiger partial charge in [-0.3, -0.25) is 9.78 Å². The summed E-state index contributed by atoms with van der Waals surface area (Å²) < 4.78 is 37.6. The van der Waals surface area contributed by atoms with E-state index in [4.69, 9.17) is 0 Å². The highest BCUT2D eigenvalue weighted by molar-refractivity contribution is 6.03. The van der Waals surface area contributed by atoms with Gasteiger partial charge >= 0.3 is 6.18 Å². The molecule has 0 saturated carbocycles. The number of nitrogens with one attached hydrogen (secondary N) is 1. The largest absolute Gasteiger partial charge is 0.454 e. The highest BCUT2D eigenvalue weighted by Crippen LogP contribution is 2.31. The molecule has 2 aromatic heterocycles. The lowest BCUT2D eigenvalue weighted by molar-refractivity contribution is -0.0886. The molecule has 0 unspecified atom stereocenters. The Kier molecular flexibility index (Phi) is 3.18. The van der Waals surface area contributed by atoms with Crippen LogP contribution in [0.3, 0.4) is 0 Å². The van der Waals surface area contributed by atoms with Gasteiger partial charge in [0.15, 0.2) is 0 Å². The second-order valence-corrected chi connectivity index (χ2v) is 4.19. The van der Waals surface area contributed by atoms with Gasteiger partial charge in [-0.2, -0.15) is 13.2 Å². The van der Waals surface area contributed by atoms with Gasteiger partial charge in [0.2, 0.25) is 0 Å². The molecule has 3 nitrogen and oxygen atoms in total. The van der Waals surface area contributed by atoms with E-state index in [1.165, 1.54) is 26.2 Å². The Bertz CT molecular complexity index is 615. The average molecular weight is 268 g/mol. The van der Waals surface area contributed by atoms with Gasteiger partial charge in [-0.25, -0.2) is 0 Å². The third kappa shape index (κ3) is 2.38. The molecule has 0 saturated heterocycles. The van der Waals surface area contributed by atoms with Gasteiger partial charge in [0.05, 0.1) is 5.56 Å². The minimum Gasteiger partial charge on any atom is -0.358 e. The van der Waals surface area contributed by atoms with Crippen molar-refractivity contribution in [2.24, 2.45) is 0 Å². The lowest BCUT2D eigenvalue weighted by atomic mass is 10.0. The summed E-state index contributed by atoms with van der Waals surface area (Å²) in [5.41, 5.74) is 1.40. The molecule has 0 fully saturated rings. The Morgan fingerprint density at radius 1 is 1.21 bits per heavy atom. The Morgan fingerprint density at radius 2 is 1.79 bits per heavy atom. The van der Waals surface area contributed by atoms with Crippen molar-refractivity contribution >= 4 is 5.78 Å². The number of ketones is 1. The van der Waals surface area contributed by atoms with Gasteiger partial charge in [-0.1, -0.05) is 0 Å². The second kappa shape index (κ2) is 4.53. The normalized spacial score (nSPS) is 11.6. The minimum absolute atomic E-state index is 0.214. The number of aromatic nitrogens is 2. The first-order chi connectivity index (χ1) is 8.82. The molecule has 6 heteroatoms. The zero-order valence-corrected chi connectivity index (χ0v) is 10.3. The minimum atomic E-state index is -4.87. The lowest BCUT2D eigenvalue weighted by Gasteiger charge is -2.06. The Balaban J connectivity index is 2.56. The summed E-state index contributed by atoms with van der Waals surface area (Å²) in [5.74, 6) is -1.82. The molecule has 0 spiro atoms. The molecule has 0 atom stereocenters. The monoisotopic (exact) mass is 268 g/mol. The molecule has 2 rings (SSSR count). The summed E-state index contributed by atoms with van der Waals surface area (Å²) in [4.78, 5) is 18.1. The van der Waals surface area contributed by atoms with Gasteiger partial charge < -0.3 is 4.98 Å². The van der Waals surface area contributed by atoms with Crippen LogP contribution >= 0.6 is 0 Å². The van der Waals surface area contributed by atoms with E-state index in [-0.39, 0.29) is 11.3 Å². The van der Waals surface area contributed by atoms with E-state index < -0.39 is 12.0 Å². The predicted octanol–water partition coefficient (Wildman–Crippen LogP) is 3.44. The molecule has 0 aromatic carbocycles. The van der Waals surface area contributed by atoms with E-state index >= 15 is 0 Å². The number of H-pyrrole nitrogens is 1. The fourth-order valence-electron chi connectivity index (χ4n) is 2.04. The van der Waals surface area contributed by atoms with E-state index in [9.17, 15) is 18.0 Å². The molecule has 19 heavy (non-hydrogen) atoms. The first kappa shape index (κ1) is 13.3. The molecule has 2 heterocycles. The van der Waals surface area contributed by atoms with Crippen molar-refractivity contribution in [1.82, 2.24) is 9.97 Å². The standard InChI is InChI=1S/C13H11F3N2O/c1-7-10(12(19)13(14,15)16)8(2)18-11(7)9-3-5-17-6-4-9/h3-6,18H,1-2H3. The quantitative estimate of drug-likeness (QED) is 0.848. The maximum atomic E-state index is 12.5. The number of Topliss-reactive ketones (excluding diaryl/α,β-unsaturated/α-hetero) is 1.